The smallest absolute Gasteiger partial charge is 0.407 e. The summed E-state index contributed by atoms with van der Waals surface area (Å²) < 4.78 is 31.5. The van der Waals surface area contributed by atoms with Gasteiger partial charge in [0.05, 0.1) is 43.5 Å². The van der Waals surface area contributed by atoms with Crippen molar-refractivity contribution in [3.63, 3.8) is 0 Å². The molecule has 38 heavy (non-hydrogen) atoms. The SMILES string of the molecule is COCOc1cc(-c2cnnc(OC)c2)ccc1-c1cnc(N(C)[C@@H]2C[C@H]3CC[C@@H]([C@@H]2F)N3C(=O)O)cn1. The molecule has 2 fully saturated rings. The first kappa shape index (κ1) is 25.6. The van der Waals surface area contributed by atoms with Crippen molar-refractivity contribution in [1.29, 1.82) is 0 Å². The molecule has 4 atom stereocenters. The normalized spacial score (nSPS) is 22.3. The molecule has 0 saturated carbocycles. The molecule has 0 spiro atoms. The highest BCUT2D eigenvalue weighted by atomic mass is 19.1. The summed E-state index contributed by atoms with van der Waals surface area (Å²) in [7, 11) is 4.84. The zero-order valence-corrected chi connectivity index (χ0v) is 21.3. The Hall–Kier alpha value is -4.06. The number of benzene rings is 1. The first-order chi connectivity index (χ1) is 18.4. The van der Waals surface area contributed by atoms with Crippen molar-refractivity contribution in [1.82, 2.24) is 25.1 Å². The molecule has 1 N–H and O–H groups in total. The van der Waals surface area contributed by atoms with E-state index in [1.165, 1.54) is 19.1 Å². The Morgan fingerprint density at radius 2 is 2.00 bits per heavy atom. The third-order valence-electron chi connectivity index (χ3n) is 7.28. The first-order valence-corrected chi connectivity index (χ1v) is 12.2. The molecule has 2 aromatic heterocycles. The van der Waals surface area contributed by atoms with Crippen LogP contribution in [0.15, 0.2) is 42.9 Å². The van der Waals surface area contributed by atoms with Crippen LogP contribution in [0, 0.1) is 0 Å². The number of fused-ring (bicyclic) bond motifs is 2. The summed E-state index contributed by atoms with van der Waals surface area (Å²) >= 11 is 0. The van der Waals surface area contributed by atoms with E-state index in [-0.39, 0.29) is 12.8 Å². The molecule has 2 aliphatic rings. The number of hydrogen-bond donors (Lipinski definition) is 1. The van der Waals surface area contributed by atoms with Crippen LogP contribution in [-0.2, 0) is 4.74 Å². The highest BCUT2D eigenvalue weighted by Gasteiger charge is 2.51. The Balaban J connectivity index is 1.38. The van der Waals surface area contributed by atoms with E-state index in [4.69, 9.17) is 14.2 Å². The highest BCUT2D eigenvalue weighted by Crippen LogP contribution is 2.40. The molecule has 0 aliphatic carbocycles. The van der Waals surface area contributed by atoms with Gasteiger partial charge < -0.3 is 24.2 Å². The average molecular weight is 525 g/mol. The van der Waals surface area contributed by atoms with Crippen molar-refractivity contribution in [2.45, 2.75) is 43.6 Å². The highest BCUT2D eigenvalue weighted by molar-refractivity contribution is 5.74. The van der Waals surface area contributed by atoms with Crippen LogP contribution in [0.2, 0.25) is 0 Å². The zero-order valence-electron chi connectivity index (χ0n) is 21.3. The molecule has 1 amide bonds. The van der Waals surface area contributed by atoms with Crippen molar-refractivity contribution in [3.05, 3.63) is 42.9 Å². The predicted octanol–water partition coefficient (Wildman–Crippen LogP) is 3.65. The number of amides is 1. The summed E-state index contributed by atoms with van der Waals surface area (Å²) in [5, 5.41) is 17.4. The van der Waals surface area contributed by atoms with Crippen LogP contribution in [0.1, 0.15) is 19.3 Å². The quantitative estimate of drug-likeness (QED) is 0.437. The summed E-state index contributed by atoms with van der Waals surface area (Å²) in [5.74, 6) is 1.45. The largest absolute Gasteiger partial charge is 0.480 e. The van der Waals surface area contributed by atoms with Crippen molar-refractivity contribution in [2.24, 2.45) is 0 Å². The monoisotopic (exact) mass is 524 g/mol. The fourth-order valence-corrected chi connectivity index (χ4v) is 5.36. The number of ether oxygens (including phenoxy) is 3. The number of piperidine rings is 1. The number of alkyl halides is 1. The van der Waals surface area contributed by atoms with Gasteiger partial charge in [0, 0.05) is 37.4 Å². The Kier molecular flexibility index (Phi) is 7.23. The third kappa shape index (κ3) is 4.78. The number of methoxy groups -OCH3 is 2. The second kappa shape index (κ2) is 10.7. The molecule has 2 bridgehead atoms. The third-order valence-corrected chi connectivity index (χ3v) is 7.28. The molecule has 4 heterocycles. The van der Waals surface area contributed by atoms with Crippen molar-refractivity contribution in [2.75, 3.05) is 33.0 Å². The van der Waals surface area contributed by atoms with Gasteiger partial charge in [-0.3, -0.25) is 9.88 Å². The van der Waals surface area contributed by atoms with Gasteiger partial charge in [0.15, 0.2) is 6.79 Å². The summed E-state index contributed by atoms with van der Waals surface area (Å²) in [5.41, 5.74) is 2.92. The van der Waals surface area contributed by atoms with Gasteiger partial charge in [-0.05, 0) is 37.0 Å². The number of carboxylic acid groups (broad SMARTS) is 1. The number of aromatic nitrogens is 4. The standard InChI is InChI=1S/C26H29FN6O5/c1-32(21-10-17-5-7-20(25(21)27)33(17)26(34)35)23-13-28-19(12-29-23)18-6-4-15(8-22(18)38-14-36-2)16-9-24(37-3)31-30-11-16/h4,6,8-9,11-13,17,20-21,25H,5,7,10,14H2,1-3H3,(H,34,35)/t17-,20+,21-,25+/m1/s1. The molecule has 12 heteroatoms. The van der Waals surface area contributed by atoms with E-state index in [9.17, 15) is 9.90 Å². The van der Waals surface area contributed by atoms with E-state index in [1.54, 1.807) is 36.6 Å². The molecule has 0 radical (unpaired) electrons. The molecule has 2 aliphatic heterocycles. The topological polar surface area (TPSA) is 123 Å². The number of carbonyl (C=O) groups is 1. The summed E-state index contributed by atoms with van der Waals surface area (Å²) in [6, 6.07) is 6.13. The van der Waals surface area contributed by atoms with E-state index in [0.29, 0.717) is 48.0 Å². The molecule has 5 rings (SSSR count). The minimum absolute atomic E-state index is 0.0396. The Labute approximate surface area is 219 Å². The summed E-state index contributed by atoms with van der Waals surface area (Å²) in [4.78, 5) is 23.8. The second-order valence-corrected chi connectivity index (χ2v) is 9.35. The maximum absolute atomic E-state index is 15.4. The molecular formula is C26H29FN6O5. The number of hydrogen-bond acceptors (Lipinski definition) is 9. The van der Waals surface area contributed by atoms with Gasteiger partial charge in [-0.2, -0.15) is 5.10 Å². The lowest BCUT2D eigenvalue weighted by Crippen LogP contribution is -2.58. The minimum atomic E-state index is -1.31. The average Bonchev–Trinajstić information content (AvgIpc) is 3.30. The maximum Gasteiger partial charge on any atom is 0.407 e. The van der Waals surface area contributed by atoms with Crippen LogP contribution in [0.25, 0.3) is 22.4 Å². The molecule has 11 nitrogen and oxygen atoms in total. The first-order valence-electron chi connectivity index (χ1n) is 12.2. The van der Waals surface area contributed by atoms with Gasteiger partial charge in [0.25, 0.3) is 0 Å². The van der Waals surface area contributed by atoms with Crippen LogP contribution < -0.4 is 14.4 Å². The van der Waals surface area contributed by atoms with E-state index < -0.39 is 24.3 Å². The fraction of sp³-hybridized carbons (Fsp3) is 0.423. The number of anilines is 1. The van der Waals surface area contributed by atoms with E-state index in [1.807, 2.05) is 18.2 Å². The predicted molar refractivity (Wildman–Crippen MR) is 136 cm³/mol. The van der Waals surface area contributed by atoms with E-state index in [0.717, 1.165) is 11.1 Å². The van der Waals surface area contributed by atoms with Gasteiger partial charge in [-0.25, -0.2) is 14.2 Å². The Morgan fingerprint density at radius 1 is 1.16 bits per heavy atom. The molecule has 0 unspecified atom stereocenters. The molecule has 2 saturated heterocycles. The fourth-order valence-electron chi connectivity index (χ4n) is 5.36. The molecule has 1 aromatic carbocycles. The van der Waals surface area contributed by atoms with Crippen LogP contribution in [0.5, 0.6) is 11.6 Å². The van der Waals surface area contributed by atoms with Crippen molar-refractivity contribution >= 4 is 11.9 Å². The van der Waals surface area contributed by atoms with Crippen LogP contribution in [0.3, 0.4) is 0 Å². The number of halogens is 1. The summed E-state index contributed by atoms with van der Waals surface area (Å²) in [6.45, 7) is 0.0396. The molecular weight excluding hydrogens is 495 g/mol. The minimum Gasteiger partial charge on any atom is -0.480 e. The zero-order chi connectivity index (χ0) is 26.8. The number of nitrogens with zero attached hydrogens (tertiary/aromatic N) is 6. The van der Waals surface area contributed by atoms with Crippen molar-refractivity contribution < 1.29 is 28.5 Å². The van der Waals surface area contributed by atoms with E-state index >= 15 is 4.39 Å². The van der Waals surface area contributed by atoms with Crippen molar-refractivity contribution in [3.8, 4) is 34.0 Å². The Morgan fingerprint density at radius 3 is 2.71 bits per heavy atom. The summed E-state index contributed by atoms with van der Waals surface area (Å²) in [6.07, 6.45) is 4.11. The lowest BCUT2D eigenvalue weighted by atomic mass is 9.94. The van der Waals surface area contributed by atoms with E-state index in [2.05, 4.69) is 20.2 Å². The Bertz CT molecular complexity index is 1300. The van der Waals surface area contributed by atoms with Crippen LogP contribution in [-0.4, -0.2) is 88.6 Å². The van der Waals surface area contributed by atoms with Crippen LogP contribution >= 0.6 is 0 Å². The van der Waals surface area contributed by atoms with Gasteiger partial charge in [-0.1, -0.05) is 6.07 Å². The molecule has 200 valence electrons. The lowest BCUT2D eigenvalue weighted by molar-refractivity contribution is 0.0489. The number of rotatable bonds is 8. The van der Waals surface area contributed by atoms with Gasteiger partial charge in [0.2, 0.25) is 5.88 Å². The van der Waals surface area contributed by atoms with Gasteiger partial charge in [0.1, 0.15) is 17.7 Å². The van der Waals surface area contributed by atoms with Gasteiger partial charge in [-0.15, -0.1) is 5.10 Å². The molecule has 3 aromatic rings. The van der Waals surface area contributed by atoms with Gasteiger partial charge >= 0.3 is 6.09 Å². The maximum atomic E-state index is 15.4. The van der Waals surface area contributed by atoms with Crippen LogP contribution in [0.4, 0.5) is 15.0 Å². The lowest BCUT2D eigenvalue weighted by Gasteiger charge is -2.43. The second-order valence-electron chi connectivity index (χ2n) is 9.35.